The summed E-state index contributed by atoms with van der Waals surface area (Å²) in [5.74, 6) is 2.16. The second-order valence-electron chi connectivity index (χ2n) is 11.8. The maximum absolute atomic E-state index is 11.6. The fraction of sp³-hybridized carbons (Fsp3) is 0.371. The minimum Gasteiger partial charge on any atom is -0.488 e. The van der Waals surface area contributed by atoms with E-state index < -0.39 is 0 Å². The lowest BCUT2D eigenvalue weighted by Gasteiger charge is -2.19. The molecule has 0 radical (unpaired) electrons. The standard InChI is InChI=1S/C35H42N4O2/c1-26(40)30-20-15-28(16-21-30)14-13-27(9-5-8-12-34-36-38-39-37-34)17-22-31-10-6-7-11-33(31)41-25-29-18-23-32(24-19-29)35(2,3)4/h6-7,10-11,15-24,27H,5,8-9,12-14,25H2,1-4H3,(H,36,37,38,39)/b22-17+. The van der Waals surface area contributed by atoms with Crippen LogP contribution in [0.5, 0.6) is 5.75 Å². The van der Waals surface area contributed by atoms with Gasteiger partial charge >= 0.3 is 0 Å². The number of carbonyl (C=O) groups is 1. The second-order valence-corrected chi connectivity index (χ2v) is 11.8. The molecule has 4 rings (SSSR count). The van der Waals surface area contributed by atoms with Crippen LogP contribution < -0.4 is 4.74 Å². The van der Waals surface area contributed by atoms with E-state index in [2.05, 4.69) is 102 Å². The average Bonchev–Trinajstić information content (AvgIpc) is 3.49. The summed E-state index contributed by atoms with van der Waals surface area (Å²) in [6.07, 6.45) is 10.5. The molecule has 0 amide bonds. The predicted molar refractivity (Wildman–Crippen MR) is 165 cm³/mol. The van der Waals surface area contributed by atoms with Gasteiger partial charge in [-0.25, -0.2) is 0 Å². The smallest absolute Gasteiger partial charge is 0.174 e. The number of ketones is 1. The minimum absolute atomic E-state index is 0.0989. The van der Waals surface area contributed by atoms with Gasteiger partial charge in [-0.3, -0.25) is 4.79 Å². The van der Waals surface area contributed by atoms with Crippen molar-refractivity contribution in [2.75, 3.05) is 0 Å². The van der Waals surface area contributed by atoms with E-state index in [-0.39, 0.29) is 11.2 Å². The number of nitrogens with zero attached hydrogens (tertiary/aromatic N) is 3. The molecule has 214 valence electrons. The molecule has 1 atom stereocenters. The van der Waals surface area contributed by atoms with Gasteiger partial charge in [-0.1, -0.05) is 111 Å². The maximum atomic E-state index is 11.6. The third-order valence-electron chi connectivity index (χ3n) is 7.46. The number of aromatic amines is 1. The van der Waals surface area contributed by atoms with Gasteiger partial charge in [0.05, 0.1) is 0 Å². The molecule has 1 heterocycles. The van der Waals surface area contributed by atoms with E-state index in [4.69, 9.17) is 4.74 Å². The Morgan fingerprint density at radius 1 is 0.902 bits per heavy atom. The van der Waals surface area contributed by atoms with Crippen molar-refractivity contribution in [3.05, 3.63) is 113 Å². The maximum Gasteiger partial charge on any atom is 0.174 e. The number of allylic oxidation sites excluding steroid dienone is 1. The Balaban J connectivity index is 1.40. The van der Waals surface area contributed by atoms with Gasteiger partial charge in [-0.15, -0.1) is 10.2 Å². The van der Waals surface area contributed by atoms with Crippen LogP contribution in [0.3, 0.4) is 0 Å². The van der Waals surface area contributed by atoms with E-state index in [0.29, 0.717) is 12.5 Å². The number of hydrogen-bond acceptors (Lipinski definition) is 5. The first-order valence-electron chi connectivity index (χ1n) is 14.6. The number of H-pyrrole nitrogens is 1. The molecule has 0 aliphatic heterocycles. The van der Waals surface area contributed by atoms with Crippen LogP contribution in [0.15, 0.2) is 78.9 Å². The number of hydrogen-bond donors (Lipinski definition) is 1. The molecule has 6 nitrogen and oxygen atoms in total. The zero-order valence-electron chi connectivity index (χ0n) is 24.8. The van der Waals surface area contributed by atoms with E-state index in [1.165, 1.54) is 11.1 Å². The molecule has 41 heavy (non-hydrogen) atoms. The Labute approximate surface area is 244 Å². The average molecular weight is 551 g/mol. The number of rotatable bonds is 14. The first kappa shape index (κ1) is 29.9. The Hall–Kier alpha value is -4.06. The van der Waals surface area contributed by atoms with Crippen molar-refractivity contribution < 1.29 is 9.53 Å². The zero-order valence-corrected chi connectivity index (χ0v) is 24.8. The van der Waals surface area contributed by atoms with E-state index in [1.807, 2.05) is 24.3 Å². The lowest BCUT2D eigenvalue weighted by molar-refractivity contribution is 0.101. The molecule has 0 fully saturated rings. The van der Waals surface area contributed by atoms with Crippen LogP contribution in [0, 0.1) is 5.92 Å². The van der Waals surface area contributed by atoms with Crippen molar-refractivity contribution >= 4 is 11.9 Å². The quantitative estimate of drug-likeness (QED) is 0.127. The number of aryl methyl sites for hydroxylation is 2. The summed E-state index contributed by atoms with van der Waals surface area (Å²) in [4.78, 5) is 11.6. The number of Topliss-reactive ketones (excluding diaryl/α,β-unsaturated/α-hetero) is 1. The van der Waals surface area contributed by atoms with Crippen LogP contribution in [0.4, 0.5) is 0 Å². The Kier molecular flexibility index (Phi) is 10.6. The lowest BCUT2D eigenvalue weighted by Crippen LogP contribution is -2.10. The van der Waals surface area contributed by atoms with Crippen LogP contribution in [0.25, 0.3) is 6.08 Å². The fourth-order valence-corrected chi connectivity index (χ4v) is 4.82. The molecular weight excluding hydrogens is 508 g/mol. The number of tetrazole rings is 1. The summed E-state index contributed by atoms with van der Waals surface area (Å²) in [6, 6.07) is 25.0. The summed E-state index contributed by atoms with van der Waals surface area (Å²) in [5.41, 5.74) is 5.71. The number of nitrogens with one attached hydrogen (secondary N) is 1. The fourth-order valence-electron chi connectivity index (χ4n) is 4.82. The zero-order chi connectivity index (χ0) is 29.1. The molecule has 3 aromatic carbocycles. The molecule has 0 saturated carbocycles. The van der Waals surface area contributed by atoms with Gasteiger partial charge in [0.2, 0.25) is 0 Å². The first-order chi connectivity index (χ1) is 19.8. The highest BCUT2D eigenvalue weighted by Crippen LogP contribution is 2.26. The van der Waals surface area contributed by atoms with Crippen molar-refractivity contribution in [1.29, 1.82) is 0 Å². The van der Waals surface area contributed by atoms with Crippen LogP contribution in [0.2, 0.25) is 0 Å². The van der Waals surface area contributed by atoms with E-state index >= 15 is 0 Å². The van der Waals surface area contributed by atoms with Crippen molar-refractivity contribution in [2.24, 2.45) is 5.92 Å². The SMILES string of the molecule is CC(=O)c1ccc(CCC(/C=C/c2ccccc2OCc2ccc(C(C)(C)C)cc2)CCCCc2nn[nH]n2)cc1. The molecule has 0 spiro atoms. The summed E-state index contributed by atoms with van der Waals surface area (Å²) in [6.45, 7) is 8.82. The highest BCUT2D eigenvalue weighted by atomic mass is 16.5. The van der Waals surface area contributed by atoms with Crippen LogP contribution in [0.1, 0.15) is 91.8 Å². The largest absolute Gasteiger partial charge is 0.488 e. The van der Waals surface area contributed by atoms with Gasteiger partial charge in [0, 0.05) is 17.5 Å². The number of aromatic nitrogens is 4. The third-order valence-corrected chi connectivity index (χ3v) is 7.46. The highest BCUT2D eigenvalue weighted by Gasteiger charge is 2.13. The molecule has 0 aliphatic rings. The molecule has 4 aromatic rings. The number of carbonyl (C=O) groups excluding carboxylic acids is 1. The van der Waals surface area contributed by atoms with Gasteiger partial charge in [0.25, 0.3) is 0 Å². The van der Waals surface area contributed by atoms with E-state index in [1.54, 1.807) is 6.92 Å². The van der Waals surface area contributed by atoms with Crippen molar-refractivity contribution in [3.63, 3.8) is 0 Å². The molecule has 1 aromatic heterocycles. The molecule has 1 unspecified atom stereocenters. The Bertz CT molecular complexity index is 1390. The van der Waals surface area contributed by atoms with Gasteiger partial charge in [0.1, 0.15) is 12.4 Å². The van der Waals surface area contributed by atoms with Crippen LogP contribution in [-0.2, 0) is 24.9 Å². The van der Waals surface area contributed by atoms with Gasteiger partial charge in [0.15, 0.2) is 11.6 Å². The molecule has 0 saturated heterocycles. The third kappa shape index (κ3) is 9.52. The number of benzene rings is 3. The number of unbranched alkanes of at least 4 members (excludes halogenated alkanes) is 1. The van der Waals surface area contributed by atoms with Gasteiger partial charge in [-0.05, 0) is 66.7 Å². The first-order valence-corrected chi connectivity index (χ1v) is 14.6. The monoisotopic (exact) mass is 550 g/mol. The minimum atomic E-state index is 0.0989. The predicted octanol–water partition coefficient (Wildman–Crippen LogP) is 7.95. The topological polar surface area (TPSA) is 80.8 Å². The van der Waals surface area contributed by atoms with Crippen molar-refractivity contribution in [2.45, 2.75) is 78.2 Å². The van der Waals surface area contributed by atoms with Gasteiger partial charge in [-0.2, -0.15) is 5.21 Å². The van der Waals surface area contributed by atoms with Crippen LogP contribution in [-0.4, -0.2) is 26.4 Å². The second kappa shape index (κ2) is 14.5. The van der Waals surface area contributed by atoms with Crippen LogP contribution >= 0.6 is 0 Å². The molecule has 0 bridgehead atoms. The van der Waals surface area contributed by atoms with Crippen molar-refractivity contribution in [1.82, 2.24) is 20.6 Å². The summed E-state index contributed by atoms with van der Waals surface area (Å²) in [7, 11) is 0. The Morgan fingerprint density at radius 2 is 1.63 bits per heavy atom. The van der Waals surface area contributed by atoms with Gasteiger partial charge < -0.3 is 4.74 Å². The summed E-state index contributed by atoms with van der Waals surface area (Å²) >= 11 is 0. The molecule has 1 N–H and O–H groups in total. The lowest BCUT2D eigenvalue weighted by atomic mass is 9.87. The molecule has 6 heteroatoms. The Morgan fingerprint density at radius 3 is 2.32 bits per heavy atom. The summed E-state index contributed by atoms with van der Waals surface area (Å²) < 4.78 is 6.28. The summed E-state index contributed by atoms with van der Waals surface area (Å²) in [5, 5.41) is 14.3. The van der Waals surface area contributed by atoms with E-state index in [0.717, 1.165) is 66.8 Å². The molecular formula is C35H42N4O2. The highest BCUT2D eigenvalue weighted by molar-refractivity contribution is 5.94. The number of ether oxygens (including phenoxy) is 1. The van der Waals surface area contributed by atoms with E-state index in [9.17, 15) is 4.79 Å². The van der Waals surface area contributed by atoms with Crippen molar-refractivity contribution in [3.8, 4) is 5.75 Å². The number of para-hydroxylation sites is 1. The normalized spacial score (nSPS) is 12.5. The molecule has 0 aliphatic carbocycles.